The molecule has 5 rings (SSSR count). The number of allylic oxidation sites excluding steroid dienone is 1. The average Bonchev–Trinajstić information content (AvgIpc) is 3.39. The molecular weight excluding hydrogens is 454 g/mol. The molecule has 0 spiro atoms. The fraction of sp³-hybridized carbons (Fsp3) is 0.318. The van der Waals surface area contributed by atoms with E-state index in [2.05, 4.69) is 36.2 Å². The van der Waals surface area contributed by atoms with Gasteiger partial charge in [0.1, 0.15) is 11.2 Å². The average molecular weight is 473 g/mol. The van der Waals surface area contributed by atoms with Crippen molar-refractivity contribution < 1.29 is 13.3 Å². The summed E-state index contributed by atoms with van der Waals surface area (Å²) in [6.45, 7) is 3.89. The quantitative estimate of drug-likeness (QED) is 0.421. The summed E-state index contributed by atoms with van der Waals surface area (Å²) in [5.74, 6) is -4.40. The highest BCUT2D eigenvalue weighted by Gasteiger charge is 2.43. The summed E-state index contributed by atoms with van der Waals surface area (Å²) < 4.78 is 35.4. The molecule has 4 aromatic rings. The van der Waals surface area contributed by atoms with Crippen molar-refractivity contribution in [3.63, 3.8) is 0 Å². The van der Waals surface area contributed by atoms with E-state index in [1.165, 1.54) is 6.08 Å². The highest BCUT2D eigenvalue weighted by molar-refractivity contribution is 6.30. The molecule has 3 aromatic heterocycles. The molecular formula is C22H19ClF2N6O2. The molecule has 1 N–H and O–H groups in total. The van der Waals surface area contributed by atoms with Gasteiger partial charge in [0.2, 0.25) is 11.6 Å². The first kappa shape index (κ1) is 21.4. The predicted octanol–water partition coefficient (Wildman–Crippen LogP) is 4.73. The molecule has 0 radical (unpaired) electrons. The van der Waals surface area contributed by atoms with E-state index in [1.54, 1.807) is 29.1 Å². The Balaban J connectivity index is 1.60. The lowest BCUT2D eigenvalue weighted by molar-refractivity contribution is -0.0866. The zero-order valence-electron chi connectivity index (χ0n) is 17.3. The smallest absolute Gasteiger partial charge is 0.327 e. The molecule has 0 saturated heterocycles. The van der Waals surface area contributed by atoms with Crippen LogP contribution in [0.15, 0.2) is 52.6 Å². The third kappa shape index (κ3) is 4.06. The van der Waals surface area contributed by atoms with Crippen molar-refractivity contribution in [3.05, 3.63) is 58.8 Å². The van der Waals surface area contributed by atoms with E-state index in [4.69, 9.17) is 11.6 Å². The van der Waals surface area contributed by atoms with Crippen molar-refractivity contribution in [2.24, 2.45) is 11.8 Å². The Morgan fingerprint density at radius 3 is 2.88 bits per heavy atom. The van der Waals surface area contributed by atoms with Gasteiger partial charge in [0.05, 0.1) is 6.33 Å². The standard InChI is InChI=1S/C22H19ClF2N6O2/c1-2-14-7-6-12(9-22(14,24)25)10-31-11-26-18-17(31)16(13-4-3-5-15(23)8-13)27-19(28-18)20-29-21(32)33-30-20/h2-5,8,11-12,14H,1,6-7,9-10H2,(H,29,30,32)/t12-,14-/m1/s1. The summed E-state index contributed by atoms with van der Waals surface area (Å²) in [7, 11) is 0. The van der Waals surface area contributed by atoms with E-state index in [0.717, 1.165) is 0 Å². The van der Waals surface area contributed by atoms with E-state index in [9.17, 15) is 13.6 Å². The van der Waals surface area contributed by atoms with Crippen LogP contribution < -0.4 is 5.76 Å². The minimum Gasteiger partial charge on any atom is -0.327 e. The number of hydrogen-bond acceptors (Lipinski definition) is 6. The fourth-order valence-corrected chi connectivity index (χ4v) is 4.57. The van der Waals surface area contributed by atoms with Gasteiger partial charge in [0, 0.05) is 29.5 Å². The molecule has 0 amide bonds. The lowest BCUT2D eigenvalue weighted by atomic mass is 9.79. The van der Waals surface area contributed by atoms with Gasteiger partial charge in [-0.3, -0.25) is 9.51 Å². The highest BCUT2D eigenvalue weighted by atomic mass is 35.5. The van der Waals surface area contributed by atoms with Gasteiger partial charge >= 0.3 is 5.76 Å². The zero-order valence-corrected chi connectivity index (χ0v) is 18.1. The molecule has 33 heavy (non-hydrogen) atoms. The first-order valence-electron chi connectivity index (χ1n) is 10.4. The van der Waals surface area contributed by atoms with E-state index in [1.807, 2.05) is 6.07 Å². The minimum atomic E-state index is -2.79. The van der Waals surface area contributed by atoms with Gasteiger partial charge in [-0.15, -0.1) is 6.58 Å². The van der Waals surface area contributed by atoms with E-state index in [-0.39, 0.29) is 24.0 Å². The van der Waals surface area contributed by atoms with Gasteiger partial charge in [-0.25, -0.2) is 28.5 Å². The summed E-state index contributed by atoms with van der Waals surface area (Å²) >= 11 is 6.20. The van der Waals surface area contributed by atoms with Crippen molar-refractivity contribution in [1.29, 1.82) is 0 Å². The molecule has 1 fully saturated rings. The Hall–Kier alpha value is -3.40. The summed E-state index contributed by atoms with van der Waals surface area (Å²) in [5.41, 5.74) is 2.10. The molecule has 11 heteroatoms. The van der Waals surface area contributed by atoms with Gasteiger partial charge < -0.3 is 4.57 Å². The van der Waals surface area contributed by atoms with Crippen LogP contribution in [0.4, 0.5) is 8.78 Å². The van der Waals surface area contributed by atoms with Crippen LogP contribution in [-0.2, 0) is 6.54 Å². The molecule has 8 nitrogen and oxygen atoms in total. The third-order valence-corrected chi connectivity index (χ3v) is 6.19. The second-order valence-electron chi connectivity index (χ2n) is 8.17. The van der Waals surface area contributed by atoms with Gasteiger partial charge in [-0.1, -0.05) is 35.0 Å². The van der Waals surface area contributed by atoms with Crippen molar-refractivity contribution in [2.45, 2.75) is 31.7 Å². The third-order valence-electron chi connectivity index (χ3n) is 5.95. The van der Waals surface area contributed by atoms with Crippen LogP contribution in [0.25, 0.3) is 34.1 Å². The maximum Gasteiger partial charge on any atom is 0.439 e. The Kier molecular flexibility index (Phi) is 5.32. The van der Waals surface area contributed by atoms with Crippen molar-refractivity contribution in [3.8, 4) is 22.9 Å². The van der Waals surface area contributed by atoms with E-state index >= 15 is 0 Å². The van der Waals surface area contributed by atoms with E-state index in [0.29, 0.717) is 46.8 Å². The summed E-state index contributed by atoms with van der Waals surface area (Å²) in [4.78, 5) is 27.2. The monoisotopic (exact) mass is 472 g/mol. The fourth-order valence-electron chi connectivity index (χ4n) is 4.38. The largest absolute Gasteiger partial charge is 0.439 e. The van der Waals surface area contributed by atoms with Crippen LogP contribution in [0.2, 0.25) is 5.02 Å². The predicted molar refractivity (Wildman–Crippen MR) is 118 cm³/mol. The number of fused-ring (bicyclic) bond motifs is 1. The van der Waals surface area contributed by atoms with Gasteiger partial charge in [0.15, 0.2) is 5.65 Å². The molecule has 1 aromatic carbocycles. The van der Waals surface area contributed by atoms with Crippen molar-refractivity contribution in [2.75, 3.05) is 0 Å². The van der Waals surface area contributed by atoms with Gasteiger partial charge in [0.25, 0.3) is 5.92 Å². The number of aromatic nitrogens is 6. The Bertz CT molecular complexity index is 1400. The van der Waals surface area contributed by atoms with Gasteiger partial charge in [-0.2, -0.15) is 0 Å². The number of hydrogen-bond donors (Lipinski definition) is 1. The molecule has 1 saturated carbocycles. The normalized spacial score (nSPS) is 20.2. The second-order valence-corrected chi connectivity index (χ2v) is 8.61. The van der Waals surface area contributed by atoms with Crippen LogP contribution in [0.3, 0.4) is 0 Å². The van der Waals surface area contributed by atoms with Gasteiger partial charge in [-0.05, 0) is 30.9 Å². The Morgan fingerprint density at radius 1 is 1.33 bits per heavy atom. The number of aromatic amines is 1. The topological polar surface area (TPSA) is 102 Å². The number of alkyl halides is 2. The number of nitrogens with zero attached hydrogens (tertiary/aromatic N) is 5. The number of nitrogens with one attached hydrogen (secondary N) is 1. The zero-order chi connectivity index (χ0) is 23.2. The lowest BCUT2D eigenvalue weighted by Gasteiger charge is -2.34. The van der Waals surface area contributed by atoms with Crippen LogP contribution >= 0.6 is 11.6 Å². The molecule has 1 aliphatic carbocycles. The first-order chi connectivity index (χ1) is 15.8. The SMILES string of the molecule is C=C[C@@H]1CC[C@@H](Cn2cnc3nc(-c4noc(=O)[nH]4)nc(-c4cccc(Cl)c4)c32)CC1(F)F. The molecule has 2 atom stereocenters. The minimum absolute atomic E-state index is 0.0575. The van der Waals surface area contributed by atoms with E-state index < -0.39 is 17.6 Å². The maximum atomic E-state index is 14.5. The Morgan fingerprint density at radius 2 is 2.18 bits per heavy atom. The second kappa shape index (κ2) is 8.18. The number of halogens is 3. The highest BCUT2D eigenvalue weighted by Crippen LogP contribution is 2.43. The van der Waals surface area contributed by atoms with Crippen LogP contribution in [0.5, 0.6) is 0 Å². The maximum absolute atomic E-state index is 14.5. The molecule has 0 bridgehead atoms. The van der Waals surface area contributed by atoms with Crippen molar-refractivity contribution in [1.82, 2.24) is 29.7 Å². The molecule has 1 aliphatic rings. The molecule has 0 aliphatic heterocycles. The Labute approximate surface area is 191 Å². The number of rotatable bonds is 5. The van der Waals surface area contributed by atoms with Crippen LogP contribution in [-0.4, -0.2) is 35.6 Å². The number of benzene rings is 1. The van der Waals surface area contributed by atoms with Crippen LogP contribution in [0, 0.1) is 11.8 Å². The lowest BCUT2D eigenvalue weighted by Crippen LogP contribution is -2.36. The summed E-state index contributed by atoms with van der Waals surface area (Å²) in [6, 6.07) is 7.07. The number of imidazole rings is 1. The molecule has 170 valence electrons. The van der Waals surface area contributed by atoms with Crippen LogP contribution in [0.1, 0.15) is 19.3 Å². The summed E-state index contributed by atoms with van der Waals surface area (Å²) in [5, 5.41) is 4.16. The molecule has 0 unspecified atom stereocenters. The summed E-state index contributed by atoms with van der Waals surface area (Å²) in [6.07, 6.45) is 3.73. The number of H-pyrrole nitrogens is 1. The molecule has 3 heterocycles. The van der Waals surface area contributed by atoms with Crippen molar-refractivity contribution >= 4 is 22.8 Å². The first-order valence-corrected chi connectivity index (χ1v) is 10.8.